The van der Waals surface area contributed by atoms with Gasteiger partial charge in [-0.1, -0.05) is 35.9 Å². The number of anilines is 1. The van der Waals surface area contributed by atoms with E-state index in [1.807, 2.05) is 31.2 Å². The molecule has 3 aromatic rings. The molecule has 1 fully saturated rings. The first-order chi connectivity index (χ1) is 17.4. The summed E-state index contributed by atoms with van der Waals surface area (Å²) in [6.45, 7) is 5.78. The Balaban J connectivity index is 1.65. The summed E-state index contributed by atoms with van der Waals surface area (Å²) in [6.07, 6.45) is 3.46. The Labute approximate surface area is 219 Å². The Morgan fingerprint density at radius 2 is 1.72 bits per heavy atom. The summed E-state index contributed by atoms with van der Waals surface area (Å²) in [4.78, 5) is 2.62. The van der Waals surface area contributed by atoms with Crippen molar-refractivity contribution in [3.05, 3.63) is 83.4 Å². The minimum absolute atomic E-state index is 0.158. The second-order valence-corrected chi connectivity index (χ2v) is 11.2. The van der Waals surface area contributed by atoms with Crippen LogP contribution in [0.25, 0.3) is 0 Å². The number of sulfonamides is 1. The topological polar surface area (TPSA) is 59.1 Å². The lowest BCUT2D eigenvalue weighted by Gasteiger charge is -2.32. The third kappa shape index (κ3) is 6.14. The van der Waals surface area contributed by atoms with E-state index >= 15 is 0 Å². The zero-order valence-electron chi connectivity index (χ0n) is 20.8. The minimum Gasteiger partial charge on any atom is -0.497 e. The Morgan fingerprint density at radius 3 is 2.44 bits per heavy atom. The highest BCUT2D eigenvalue weighted by Crippen LogP contribution is 2.38. The van der Waals surface area contributed by atoms with Crippen molar-refractivity contribution in [2.24, 2.45) is 0 Å². The van der Waals surface area contributed by atoms with Crippen molar-refractivity contribution in [3.8, 4) is 11.5 Å². The maximum absolute atomic E-state index is 14.0. The van der Waals surface area contributed by atoms with Crippen molar-refractivity contribution >= 4 is 27.3 Å². The van der Waals surface area contributed by atoms with Gasteiger partial charge in [-0.25, -0.2) is 8.42 Å². The summed E-state index contributed by atoms with van der Waals surface area (Å²) in [7, 11) is -2.38. The number of likely N-dealkylation sites (tertiary alicyclic amines) is 1. The van der Waals surface area contributed by atoms with E-state index in [4.69, 9.17) is 21.1 Å². The van der Waals surface area contributed by atoms with Crippen molar-refractivity contribution in [2.75, 3.05) is 37.7 Å². The van der Waals surface area contributed by atoms with Crippen molar-refractivity contribution < 1.29 is 17.9 Å². The molecule has 1 unspecified atom stereocenters. The van der Waals surface area contributed by atoms with E-state index in [0.717, 1.165) is 31.6 Å². The molecule has 192 valence electrons. The fourth-order valence-electron chi connectivity index (χ4n) is 4.60. The zero-order chi connectivity index (χ0) is 25.5. The molecule has 0 saturated carbocycles. The second kappa shape index (κ2) is 12.0. The molecule has 0 radical (unpaired) electrons. The van der Waals surface area contributed by atoms with Crippen LogP contribution in [0.4, 0.5) is 5.69 Å². The number of para-hydroxylation sites is 1. The van der Waals surface area contributed by atoms with E-state index < -0.39 is 16.1 Å². The van der Waals surface area contributed by atoms with Gasteiger partial charge in [0, 0.05) is 23.2 Å². The summed E-state index contributed by atoms with van der Waals surface area (Å²) in [5.41, 5.74) is 1.29. The number of halogens is 1. The van der Waals surface area contributed by atoms with E-state index in [1.54, 1.807) is 43.5 Å². The molecule has 0 aromatic heterocycles. The SMILES string of the molecule is COc1cccc(N(C(C)c2ccccc2OCCCN2CCCC2)S(=O)(=O)c2ccc(Cl)cc2)c1. The number of hydrogen-bond donors (Lipinski definition) is 0. The quantitative estimate of drug-likeness (QED) is 0.278. The Bertz CT molecular complexity index is 1240. The summed E-state index contributed by atoms with van der Waals surface area (Å²) >= 11 is 6.03. The first-order valence-corrected chi connectivity index (χ1v) is 14.1. The molecule has 1 aliphatic rings. The van der Waals surface area contributed by atoms with Crippen LogP contribution >= 0.6 is 11.6 Å². The van der Waals surface area contributed by atoms with Gasteiger partial charge in [0.15, 0.2) is 0 Å². The highest BCUT2D eigenvalue weighted by Gasteiger charge is 2.32. The van der Waals surface area contributed by atoms with Crippen LogP contribution in [0.5, 0.6) is 11.5 Å². The van der Waals surface area contributed by atoms with Gasteiger partial charge in [0.2, 0.25) is 0 Å². The number of benzene rings is 3. The summed E-state index contributed by atoms with van der Waals surface area (Å²) in [6, 6.07) is 20.4. The fourth-order valence-corrected chi connectivity index (χ4v) is 6.35. The zero-order valence-corrected chi connectivity index (χ0v) is 22.3. The van der Waals surface area contributed by atoms with Crippen LogP contribution in [0.1, 0.15) is 37.8 Å². The second-order valence-electron chi connectivity index (χ2n) is 8.92. The number of methoxy groups -OCH3 is 1. The molecule has 1 aliphatic heterocycles. The largest absolute Gasteiger partial charge is 0.497 e. The van der Waals surface area contributed by atoms with Crippen LogP contribution in [0.2, 0.25) is 5.02 Å². The molecular weight excluding hydrogens is 496 g/mol. The molecule has 3 aromatic carbocycles. The van der Waals surface area contributed by atoms with E-state index in [-0.39, 0.29) is 4.90 Å². The standard InChI is InChI=1S/C28H33ClN2O4S/c1-22(27-11-3-4-12-28(27)35-20-8-19-30-17-5-6-18-30)31(24-9-7-10-25(21-24)34-2)36(32,33)26-15-13-23(29)14-16-26/h3-4,7,9-16,21-22H,5-6,8,17-20H2,1-2H3. The van der Waals surface area contributed by atoms with Gasteiger partial charge < -0.3 is 14.4 Å². The van der Waals surface area contributed by atoms with Crippen LogP contribution in [0.3, 0.4) is 0 Å². The average molecular weight is 529 g/mol. The predicted octanol–water partition coefficient (Wildman–Crippen LogP) is 6.17. The van der Waals surface area contributed by atoms with Crippen LogP contribution in [0, 0.1) is 0 Å². The molecule has 1 atom stereocenters. The predicted molar refractivity (Wildman–Crippen MR) is 145 cm³/mol. The van der Waals surface area contributed by atoms with Gasteiger partial charge in [0.05, 0.1) is 30.3 Å². The normalized spacial score (nSPS) is 15.0. The van der Waals surface area contributed by atoms with Crippen LogP contribution in [-0.2, 0) is 10.0 Å². The molecule has 0 bridgehead atoms. The Morgan fingerprint density at radius 1 is 1.00 bits per heavy atom. The molecule has 4 rings (SSSR count). The van der Waals surface area contributed by atoms with Crippen LogP contribution < -0.4 is 13.8 Å². The first kappa shape index (κ1) is 26.3. The van der Waals surface area contributed by atoms with E-state index in [2.05, 4.69) is 4.90 Å². The van der Waals surface area contributed by atoms with Gasteiger partial charge in [-0.05, 0) is 81.7 Å². The molecular formula is C28H33ClN2O4S. The number of nitrogens with zero attached hydrogens (tertiary/aromatic N) is 2. The van der Waals surface area contributed by atoms with Crippen LogP contribution in [0.15, 0.2) is 77.7 Å². The highest BCUT2D eigenvalue weighted by molar-refractivity contribution is 7.92. The Kier molecular flexibility index (Phi) is 8.77. The third-order valence-corrected chi connectivity index (χ3v) is 8.64. The van der Waals surface area contributed by atoms with Gasteiger partial charge in [-0.15, -0.1) is 0 Å². The molecule has 8 heteroatoms. The molecule has 0 spiro atoms. The smallest absolute Gasteiger partial charge is 0.264 e. The maximum atomic E-state index is 14.0. The first-order valence-electron chi connectivity index (χ1n) is 12.3. The summed E-state index contributed by atoms with van der Waals surface area (Å²) < 4.78 is 40.9. The van der Waals surface area contributed by atoms with Crippen molar-refractivity contribution in [2.45, 2.75) is 37.1 Å². The highest BCUT2D eigenvalue weighted by atomic mass is 35.5. The number of rotatable bonds is 11. The molecule has 0 aliphatic carbocycles. The van der Waals surface area contributed by atoms with E-state index in [1.165, 1.54) is 29.3 Å². The third-order valence-electron chi connectivity index (χ3n) is 6.47. The molecule has 0 amide bonds. The Hall–Kier alpha value is -2.74. The minimum atomic E-state index is -3.94. The van der Waals surface area contributed by atoms with Gasteiger partial charge in [0.25, 0.3) is 10.0 Å². The van der Waals surface area contributed by atoms with Crippen LogP contribution in [-0.4, -0.2) is 46.7 Å². The molecule has 36 heavy (non-hydrogen) atoms. The molecule has 0 N–H and O–H groups in total. The summed E-state index contributed by atoms with van der Waals surface area (Å²) in [5, 5.41) is 0.475. The fraction of sp³-hybridized carbons (Fsp3) is 0.357. The molecule has 6 nitrogen and oxygen atoms in total. The van der Waals surface area contributed by atoms with Gasteiger partial charge in [-0.2, -0.15) is 0 Å². The average Bonchev–Trinajstić information content (AvgIpc) is 3.41. The molecule has 1 saturated heterocycles. The lowest BCUT2D eigenvalue weighted by molar-refractivity contribution is 0.261. The van der Waals surface area contributed by atoms with Crippen molar-refractivity contribution in [3.63, 3.8) is 0 Å². The van der Waals surface area contributed by atoms with Gasteiger partial charge in [0.1, 0.15) is 11.5 Å². The van der Waals surface area contributed by atoms with Gasteiger partial charge >= 0.3 is 0 Å². The lowest BCUT2D eigenvalue weighted by Crippen LogP contribution is -2.34. The van der Waals surface area contributed by atoms with E-state index in [0.29, 0.717) is 28.8 Å². The van der Waals surface area contributed by atoms with Gasteiger partial charge in [-0.3, -0.25) is 4.31 Å². The molecule has 1 heterocycles. The number of hydrogen-bond acceptors (Lipinski definition) is 5. The summed E-state index contributed by atoms with van der Waals surface area (Å²) in [5.74, 6) is 1.26. The van der Waals surface area contributed by atoms with Crippen molar-refractivity contribution in [1.29, 1.82) is 0 Å². The van der Waals surface area contributed by atoms with E-state index in [9.17, 15) is 8.42 Å². The number of ether oxygens (including phenoxy) is 2. The lowest BCUT2D eigenvalue weighted by atomic mass is 10.1. The maximum Gasteiger partial charge on any atom is 0.264 e. The monoisotopic (exact) mass is 528 g/mol. The van der Waals surface area contributed by atoms with Crippen molar-refractivity contribution in [1.82, 2.24) is 4.90 Å².